The fraction of sp³-hybridized carbons (Fsp3) is 0.917. The number of hydrogen-bond acceptors (Lipinski definition) is 3. The number of amides is 1. The lowest BCUT2D eigenvalue weighted by atomic mass is 9.88. The highest BCUT2D eigenvalue weighted by Gasteiger charge is 2.37. The second kappa shape index (κ2) is 4.34. The molecule has 16 heavy (non-hydrogen) atoms. The van der Waals surface area contributed by atoms with Crippen molar-refractivity contribution in [3.8, 4) is 0 Å². The fourth-order valence-corrected chi connectivity index (χ4v) is 3.21. The van der Waals surface area contributed by atoms with Crippen molar-refractivity contribution in [3.63, 3.8) is 0 Å². The van der Waals surface area contributed by atoms with Crippen LogP contribution in [0.5, 0.6) is 0 Å². The summed E-state index contributed by atoms with van der Waals surface area (Å²) in [6.07, 6.45) is 2.99. The molecule has 0 spiro atoms. The highest BCUT2D eigenvalue weighted by molar-refractivity contribution is 5.81. The van der Waals surface area contributed by atoms with Gasteiger partial charge in [0.2, 0.25) is 0 Å². The van der Waals surface area contributed by atoms with Gasteiger partial charge in [-0.15, -0.1) is 0 Å². The monoisotopic (exact) mass is 224 g/mol. The highest BCUT2D eigenvalue weighted by Crippen LogP contribution is 2.27. The molecule has 1 N–H and O–H groups in total. The summed E-state index contributed by atoms with van der Waals surface area (Å²) in [7, 11) is 0. The molecule has 0 saturated carbocycles. The first-order chi connectivity index (χ1) is 7.84. The van der Waals surface area contributed by atoms with E-state index < -0.39 is 0 Å². The number of nitrogens with zero attached hydrogens (tertiary/aromatic N) is 1. The van der Waals surface area contributed by atoms with Crippen molar-refractivity contribution >= 4 is 5.91 Å². The maximum Gasteiger partial charge on any atom is 0.251 e. The molecule has 3 atom stereocenters. The van der Waals surface area contributed by atoms with Crippen LogP contribution < -0.4 is 5.32 Å². The number of fused-ring (bicyclic) bond motifs is 1. The molecule has 3 fully saturated rings. The smallest absolute Gasteiger partial charge is 0.251 e. The van der Waals surface area contributed by atoms with E-state index in [0.717, 1.165) is 58.0 Å². The molecule has 3 rings (SSSR count). The number of carbonyl (C=O) groups is 1. The molecule has 3 saturated heterocycles. The van der Waals surface area contributed by atoms with Crippen LogP contribution in [0.1, 0.15) is 19.3 Å². The second-order valence-corrected chi connectivity index (χ2v) is 5.25. The van der Waals surface area contributed by atoms with Gasteiger partial charge in [-0.25, -0.2) is 0 Å². The number of likely N-dealkylation sites (tertiary alicyclic amines) is 1. The van der Waals surface area contributed by atoms with Crippen molar-refractivity contribution in [1.29, 1.82) is 0 Å². The molecule has 0 aromatic heterocycles. The first-order valence-electron chi connectivity index (χ1n) is 6.45. The summed E-state index contributed by atoms with van der Waals surface area (Å²) in [5.74, 6) is 1.72. The molecule has 4 heteroatoms. The Labute approximate surface area is 96.3 Å². The third-order valence-corrected chi connectivity index (χ3v) is 4.22. The van der Waals surface area contributed by atoms with Gasteiger partial charge in [0.1, 0.15) is 6.10 Å². The van der Waals surface area contributed by atoms with Gasteiger partial charge in [0, 0.05) is 19.7 Å². The number of nitrogens with one attached hydrogen (secondary N) is 1. The van der Waals surface area contributed by atoms with Crippen molar-refractivity contribution in [2.45, 2.75) is 25.4 Å². The summed E-state index contributed by atoms with van der Waals surface area (Å²) in [4.78, 5) is 14.2. The van der Waals surface area contributed by atoms with Crippen LogP contribution in [0.2, 0.25) is 0 Å². The van der Waals surface area contributed by atoms with Crippen LogP contribution in [-0.4, -0.2) is 49.7 Å². The summed E-state index contributed by atoms with van der Waals surface area (Å²) < 4.78 is 5.47. The minimum atomic E-state index is -0.133. The Morgan fingerprint density at radius 1 is 1.25 bits per heavy atom. The SMILES string of the molecule is O=C([C@H]1CCCO1)N1CCC2CNCC2C1. The third-order valence-electron chi connectivity index (χ3n) is 4.22. The van der Waals surface area contributed by atoms with Crippen LogP contribution in [0, 0.1) is 11.8 Å². The molecule has 90 valence electrons. The molecule has 0 aromatic carbocycles. The molecule has 3 aliphatic rings. The first-order valence-corrected chi connectivity index (χ1v) is 6.45. The zero-order valence-corrected chi connectivity index (χ0v) is 9.65. The van der Waals surface area contributed by atoms with E-state index in [4.69, 9.17) is 4.74 Å². The van der Waals surface area contributed by atoms with Crippen LogP contribution in [0.15, 0.2) is 0 Å². The van der Waals surface area contributed by atoms with Crippen molar-refractivity contribution < 1.29 is 9.53 Å². The van der Waals surface area contributed by atoms with Crippen LogP contribution in [0.3, 0.4) is 0 Å². The van der Waals surface area contributed by atoms with Crippen molar-refractivity contribution in [1.82, 2.24) is 10.2 Å². The Bertz CT molecular complexity index is 276. The first kappa shape index (κ1) is 10.5. The van der Waals surface area contributed by atoms with E-state index in [1.165, 1.54) is 0 Å². The van der Waals surface area contributed by atoms with E-state index in [-0.39, 0.29) is 12.0 Å². The molecule has 0 aliphatic carbocycles. The Morgan fingerprint density at radius 3 is 2.94 bits per heavy atom. The fourth-order valence-electron chi connectivity index (χ4n) is 3.21. The van der Waals surface area contributed by atoms with Gasteiger partial charge in [-0.1, -0.05) is 0 Å². The maximum absolute atomic E-state index is 12.2. The standard InChI is InChI=1S/C12H20N2O2/c15-12(11-2-1-5-16-11)14-4-3-9-6-13-7-10(9)8-14/h9-11,13H,1-8H2/t9?,10?,11-/m1/s1. The van der Waals surface area contributed by atoms with Crippen LogP contribution in [0.4, 0.5) is 0 Å². The van der Waals surface area contributed by atoms with Crippen molar-refractivity contribution in [3.05, 3.63) is 0 Å². The normalized spacial score (nSPS) is 38.8. The lowest BCUT2D eigenvalue weighted by molar-refractivity contribution is -0.143. The lowest BCUT2D eigenvalue weighted by Crippen LogP contribution is -2.47. The summed E-state index contributed by atoms with van der Waals surface area (Å²) in [5.41, 5.74) is 0. The Kier molecular flexibility index (Phi) is 2.86. The molecule has 3 heterocycles. The van der Waals surface area contributed by atoms with Gasteiger partial charge in [-0.05, 0) is 44.2 Å². The van der Waals surface area contributed by atoms with E-state index in [1.54, 1.807) is 0 Å². The summed E-state index contributed by atoms with van der Waals surface area (Å²) >= 11 is 0. The van der Waals surface area contributed by atoms with Gasteiger partial charge in [0.25, 0.3) is 5.91 Å². The Hall–Kier alpha value is -0.610. The van der Waals surface area contributed by atoms with Crippen molar-refractivity contribution in [2.75, 3.05) is 32.8 Å². The van der Waals surface area contributed by atoms with E-state index in [0.29, 0.717) is 5.92 Å². The van der Waals surface area contributed by atoms with Crippen LogP contribution in [0.25, 0.3) is 0 Å². The topological polar surface area (TPSA) is 41.6 Å². The largest absolute Gasteiger partial charge is 0.368 e. The van der Waals surface area contributed by atoms with E-state index in [9.17, 15) is 4.79 Å². The molecular weight excluding hydrogens is 204 g/mol. The Balaban J connectivity index is 1.60. The highest BCUT2D eigenvalue weighted by atomic mass is 16.5. The van der Waals surface area contributed by atoms with Gasteiger partial charge in [-0.2, -0.15) is 0 Å². The molecule has 3 aliphatic heterocycles. The van der Waals surface area contributed by atoms with Crippen molar-refractivity contribution in [2.24, 2.45) is 11.8 Å². The zero-order valence-electron chi connectivity index (χ0n) is 9.65. The van der Waals surface area contributed by atoms with Gasteiger partial charge in [0.15, 0.2) is 0 Å². The number of piperidine rings is 1. The van der Waals surface area contributed by atoms with E-state index >= 15 is 0 Å². The van der Waals surface area contributed by atoms with Crippen LogP contribution in [-0.2, 0) is 9.53 Å². The quantitative estimate of drug-likeness (QED) is 0.693. The van der Waals surface area contributed by atoms with Crippen LogP contribution >= 0.6 is 0 Å². The molecular formula is C12H20N2O2. The van der Waals surface area contributed by atoms with Gasteiger partial charge in [-0.3, -0.25) is 4.79 Å². The average Bonchev–Trinajstić information content (AvgIpc) is 2.98. The number of ether oxygens (including phenoxy) is 1. The Morgan fingerprint density at radius 2 is 2.12 bits per heavy atom. The van der Waals surface area contributed by atoms with Gasteiger partial charge < -0.3 is 15.0 Å². The molecule has 0 bridgehead atoms. The number of carbonyl (C=O) groups excluding carboxylic acids is 1. The molecule has 4 nitrogen and oxygen atoms in total. The van der Waals surface area contributed by atoms with E-state index in [2.05, 4.69) is 5.32 Å². The predicted molar refractivity (Wildman–Crippen MR) is 60.0 cm³/mol. The average molecular weight is 224 g/mol. The lowest BCUT2D eigenvalue weighted by Gasteiger charge is -2.35. The molecule has 1 amide bonds. The minimum Gasteiger partial charge on any atom is -0.368 e. The molecule has 2 unspecified atom stereocenters. The minimum absolute atomic E-state index is 0.133. The summed E-state index contributed by atoms with van der Waals surface area (Å²) in [6, 6.07) is 0. The van der Waals surface area contributed by atoms with E-state index in [1.807, 2.05) is 4.90 Å². The maximum atomic E-state index is 12.2. The van der Waals surface area contributed by atoms with Gasteiger partial charge in [0.05, 0.1) is 0 Å². The third kappa shape index (κ3) is 1.84. The predicted octanol–water partition coefficient (Wildman–Crippen LogP) is 0.233. The number of hydrogen-bond donors (Lipinski definition) is 1. The second-order valence-electron chi connectivity index (χ2n) is 5.25. The van der Waals surface area contributed by atoms with Gasteiger partial charge >= 0.3 is 0 Å². The molecule has 0 radical (unpaired) electrons. The molecule has 0 aromatic rings. The summed E-state index contributed by atoms with van der Waals surface area (Å²) in [6.45, 7) is 4.86. The number of rotatable bonds is 1. The summed E-state index contributed by atoms with van der Waals surface area (Å²) in [5, 5.41) is 3.42. The zero-order chi connectivity index (χ0) is 11.0.